The molecule has 0 saturated carbocycles. The van der Waals surface area contributed by atoms with Gasteiger partial charge in [-0.3, -0.25) is 4.40 Å². The van der Waals surface area contributed by atoms with Gasteiger partial charge in [0, 0.05) is 17.0 Å². The Morgan fingerprint density at radius 1 is 1.16 bits per heavy atom. The van der Waals surface area contributed by atoms with Crippen molar-refractivity contribution < 1.29 is 8.81 Å². The number of benzene rings is 1. The quantitative estimate of drug-likeness (QED) is 0.518. The highest BCUT2D eigenvalue weighted by atomic mass is 32.2. The molecule has 0 saturated heterocycles. The van der Waals surface area contributed by atoms with Gasteiger partial charge in [-0.05, 0) is 44.2 Å². The fourth-order valence-corrected chi connectivity index (χ4v) is 3.38. The Hall–Kier alpha value is -2.74. The van der Waals surface area contributed by atoms with Crippen molar-refractivity contribution in [2.75, 3.05) is 0 Å². The van der Waals surface area contributed by atoms with E-state index < -0.39 is 0 Å². The Morgan fingerprint density at radius 2 is 1.96 bits per heavy atom. The normalized spacial score (nSPS) is 11.3. The average Bonchev–Trinajstić information content (AvgIpc) is 3.20. The zero-order valence-electron chi connectivity index (χ0n) is 13.6. The maximum atomic E-state index is 13.0. The molecule has 0 bridgehead atoms. The van der Waals surface area contributed by atoms with Gasteiger partial charge in [-0.15, -0.1) is 10.2 Å². The fourth-order valence-electron chi connectivity index (χ4n) is 2.54. The second-order valence-corrected chi connectivity index (χ2v) is 6.51. The van der Waals surface area contributed by atoms with Crippen molar-refractivity contribution >= 4 is 17.5 Å². The zero-order chi connectivity index (χ0) is 17.4. The maximum absolute atomic E-state index is 13.0. The minimum Gasteiger partial charge on any atom is -0.440 e. The van der Waals surface area contributed by atoms with Crippen LogP contribution in [0, 0.1) is 19.7 Å². The maximum Gasteiger partial charge on any atom is 0.256 e. The van der Waals surface area contributed by atoms with Crippen LogP contribution in [0.2, 0.25) is 0 Å². The summed E-state index contributed by atoms with van der Waals surface area (Å²) in [6.45, 7) is 3.92. The molecule has 0 N–H and O–H groups in total. The summed E-state index contributed by atoms with van der Waals surface area (Å²) in [6.07, 6.45) is 1.64. The predicted molar refractivity (Wildman–Crippen MR) is 91.7 cm³/mol. The molecular formula is C17H14FN5OS. The average molecular weight is 355 g/mol. The molecule has 8 heteroatoms. The summed E-state index contributed by atoms with van der Waals surface area (Å²) in [5, 5.41) is 9.03. The van der Waals surface area contributed by atoms with Crippen molar-refractivity contribution in [1.29, 1.82) is 0 Å². The van der Waals surface area contributed by atoms with Gasteiger partial charge in [0.05, 0.1) is 11.9 Å². The SMILES string of the molecule is Cc1cc(C)n2c(SCc3ncc(-c4ccc(F)cc4)o3)nnc2n1. The zero-order valence-corrected chi connectivity index (χ0v) is 14.4. The van der Waals surface area contributed by atoms with Crippen LogP contribution < -0.4 is 0 Å². The van der Waals surface area contributed by atoms with Crippen molar-refractivity contribution in [3.8, 4) is 11.3 Å². The molecule has 0 atom stereocenters. The highest BCUT2D eigenvalue weighted by Gasteiger charge is 2.13. The molecule has 3 aromatic heterocycles. The first-order valence-electron chi connectivity index (χ1n) is 7.63. The number of hydrogen-bond donors (Lipinski definition) is 0. The number of rotatable bonds is 4. The molecule has 0 unspecified atom stereocenters. The monoisotopic (exact) mass is 355 g/mol. The molecule has 0 aliphatic rings. The summed E-state index contributed by atoms with van der Waals surface area (Å²) in [5.41, 5.74) is 2.72. The largest absolute Gasteiger partial charge is 0.440 e. The summed E-state index contributed by atoms with van der Waals surface area (Å²) >= 11 is 1.47. The molecular weight excluding hydrogens is 341 g/mol. The molecule has 0 radical (unpaired) electrons. The van der Waals surface area contributed by atoms with E-state index in [1.807, 2.05) is 24.3 Å². The lowest BCUT2D eigenvalue weighted by atomic mass is 10.2. The van der Waals surface area contributed by atoms with Gasteiger partial charge in [-0.1, -0.05) is 11.8 Å². The Balaban J connectivity index is 1.53. The summed E-state index contributed by atoms with van der Waals surface area (Å²) in [7, 11) is 0. The number of hydrogen-bond acceptors (Lipinski definition) is 6. The Morgan fingerprint density at radius 3 is 2.76 bits per heavy atom. The molecule has 4 aromatic rings. The Bertz CT molecular complexity index is 1040. The first kappa shape index (κ1) is 15.8. The van der Waals surface area contributed by atoms with Gasteiger partial charge in [0.15, 0.2) is 10.9 Å². The molecule has 4 rings (SSSR count). The van der Waals surface area contributed by atoms with Crippen molar-refractivity contribution in [2.24, 2.45) is 0 Å². The van der Waals surface area contributed by atoms with Crippen molar-refractivity contribution in [2.45, 2.75) is 24.8 Å². The van der Waals surface area contributed by atoms with Crippen LogP contribution in [0.4, 0.5) is 4.39 Å². The number of aromatic nitrogens is 5. The van der Waals surface area contributed by atoms with E-state index in [9.17, 15) is 4.39 Å². The summed E-state index contributed by atoms with van der Waals surface area (Å²) in [4.78, 5) is 8.65. The molecule has 0 aliphatic heterocycles. The van der Waals surface area contributed by atoms with E-state index in [1.54, 1.807) is 18.3 Å². The minimum atomic E-state index is -0.281. The lowest BCUT2D eigenvalue weighted by Gasteiger charge is -2.03. The van der Waals surface area contributed by atoms with Gasteiger partial charge in [0.2, 0.25) is 5.89 Å². The summed E-state index contributed by atoms with van der Waals surface area (Å²) in [5.74, 6) is 1.99. The lowest BCUT2D eigenvalue weighted by molar-refractivity contribution is 0.529. The third-order valence-electron chi connectivity index (χ3n) is 3.67. The summed E-state index contributed by atoms with van der Waals surface area (Å²) in [6, 6.07) is 8.10. The van der Waals surface area contributed by atoms with Gasteiger partial charge in [-0.2, -0.15) is 0 Å². The van der Waals surface area contributed by atoms with Crippen LogP contribution in [0.15, 0.2) is 46.1 Å². The first-order chi connectivity index (χ1) is 12.1. The van der Waals surface area contributed by atoms with Crippen LogP contribution in [0.5, 0.6) is 0 Å². The van der Waals surface area contributed by atoms with Gasteiger partial charge in [0.1, 0.15) is 5.82 Å². The third kappa shape index (κ3) is 3.12. The number of nitrogens with zero attached hydrogens (tertiary/aromatic N) is 5. The van der Waals surface area contributed by atoms with Gasteiger partial charge in [0.25, 0.3) is 5.78 Å². The number of aryl methyl sites for hydroxylation is 2. The van der Waals surface area contributed by atoms with E-state index in [0.717, 1.165) is 22.1 Å². The van der Waals surface area contributed by atoms with E-state index in [2.05, 4.69) is 20.2 Å². The highest BCUT2D eigenvalue weighted by molar-refractivity contribution is 7.98. The highest BCUT2D eigenvalue weighted by Crippen LogP contribution is 2.26. The van der Waals surface area contributed by atoms with Crippen molar-refractivity contribution in [3.05, 3.63) is 59.6 Å². The van der Waals surface area contributed by atoms with E-state index in [1.165, 1.54) is 23.9 Å². The van der Waals surface area contributed by atoms with Crippen LogP contribution in [0.1, 0.15) is 17.3 Å². The Kier molecular flexibility index (Phi) is 3.96. The number of fused-ring (bicyclic) bond motifs is 1. The number of thioether (sulfide) groups is 1. The molecule has 0 spiro atoms. The second kappa shape index (κ2) is 6.29. The van der Waals surface area contributed by atoms with E-state index >= 15 is 0 Å². The van der Waals surface area contributed by atoms with Crippen LogP contribution in [0.25, 0.3) is 17.1 Å². The van der Waals surface area contributed by atoms with E-state index in [-0.39, 0.29) is 5.82 Å². The first-order valence-corrected chi connectivity index (χ1v) is 8.61. The van der Waals surface area contributed by atoms with Crippen LogP contribution in [0.3, 0.4) is 0 Å². The number of halogens is 1. The van der Waals surface area contributed by atoms with Crippen LogP contribution in [-0.4, -0.2) is 24.6 Å². The molecule has 25 heavy (non-hydrogen) atoms. The van der Waals surface area contributed by atoms with Gasteiger partial charge >= 0.3 is 0 Å². The molecule has 0 aliphatic carbocycles. The standard InChI is InChI=1S/C17H14FN5OS/c1-10-7-11(2)23-16(20-10)21-22-17(23)25-9-15-19-8-14(24-15)12-3-5-13(18)6-4-12/h3-8H,9H2,1-2H3. The smallest absolute Gasteiger partial charge is 0.256 e. The fraction of sp³-hybridized carbons (Fsp3) is 0.176. The topological polar surface area (TPSA) is 69.1 Å². The molecule has 0 fully saturated rings. The molecule has 126 valence electrons. The molecule has 3 heterocycles. The van der Waals surface area contributed by atoms with Crippen molar-refractivity contribution in [1.82, 2.24) is 24.6 Å². The van der Waals surface area contributed by atoms with E-state index in [4.69, 9.17) is 4.42 Å². The van der Waals surface area contributed by atoms with Crippen LogP contribution >= 0.6 is 11.8 Å². The summed E-state index contributed by atoms with van der Waals surface area (Å²) < 4.78 is 20.6. The van der Waals surface area contributed by atoms with Gasteiger partial charge < -0.3 is 4.42 Å². The second-order valence-electron chi connectivity index (χ2n) is 5.57. The third-order valence-corrected chi connectivity index (χ3v) is 4.58. The minimum absolute atomic E-state index is 0.281. The van der Waals surface area contributed by atoms with Crippen molar-refractivity contribution in [3.63, 3.8) is 0 Å². The molecule has 1 aromatic carbocycles. The molecule has 6 nitrogen and oxygen atoms in total. The lowest BCUT2D eigenvalue weighted by Crippen LogP contribution is -1.97. The van der Waals surface area contributed by atoms with Crippen LogP contribution in [-0.2, 0) is 5.75 Å². The predicted octanol–water partition coefficient (Wildman–Crippen LogP) is 3.83. The Labute approximate surface area is 147 Å². The van der Waals surface area contributed by atoms with Gasteiger partial charge in [-0.25, -0.2) is 14.4 Å². The van der Waals surface area contributed by atoms with E-state index in [0.29, 0.717) is 23.2 Å². The molecule has 0 amide bonds. The number of oxazole rings is 1.